The Morgan fingerprint density at radius 1 is 0.857 bits per heavy atom. The van der Waals surface area contributed by atoms with Crippen LogP contribution in [0.2, 0.25) is 0 Å². The summed E-state index contributed by atoms with van der Waals surface area (Å²) in [5.41, 5.74) is 2.19. The van der Waals surface area contributed by atoms with E-state index >= 15 is 0 Å². The summed E-state index contributed by atoms with van der Waals surface area (Å²) in [6.45, 7) is 9.88. The van der Waals surface area contributed by atoms with Gasteiger partial charge in [0.25, 0.3) is 0 Å². The van der Waals surface area contributed by atoms with Crippen LogP contribution in [0.25, 0.3) is 0 Å². The fourth-order valence-electron chi connectivity index (χ4n) is 3.14. The summed E-state index contributed by atoms with van der Waals surface area (Å²) in [7, 11) is -0.489. The third-order valence-electron chi connectivity index (χ3n) is 5.70. The van der Waals surface area contributed by atoms with Gasteiger partial charge in [0.1, 0.15) is 0 Å². The maximum Gasteiger partial charge on any atom is 0.494 e. The van der Waals surface area contributed by atoms with Crippen molar-refractivity contribution in [2.45, 2.75) is 58.7 Å². The van der Waals surface area contributed by atoms with Crippen LogP contribution in [0.3, 0.4) is 0 Å². The second kappa shape index (κ2) is 7.65. The first-order chi connectivity index (χ1) is 13.1. The van der Waals surface area contributed by atoms with Crippen molar-refractivity contribution in [2.75, 3.05) is 0 Å². The average molecular weight is 378 g/mol. The zero-order valence-corrected chi connectivity index (χ0v) is 17.2. The quantitative estimate of drug-likeness (QED) is 0.563. The van der Waals surface area contributed by atoms with E-state index < -0.39 is 18.3 Å². The van der Waals surface area contributed by atoms with E-state index in [1.807, 2.05) is 71.0 Å². The largest absolute Gasteiger partial charge is 0.494 e. The first-order valence-corrected chi connectivity index (χ1v) is 9.74. The van der Waals surface area contributed by atoms with Crippen LogP contribution in [0, 0.1) is 0 Å². The van der Waals surface area contributed by atoms with Crippen molar-refractivity contribution < 1.29 is 18.9 Å². The van der Waals surface area contributed by atoms with Crippen molar-refractivity contribution in [1.82, 2.24) is 0 Å². The monoisotopic (exact) mass is 378 g/mol. The lowest BCUT2D eigenvalue weighted by Crippen LogP contribution is -2.41. The Hall–Kier alpha value is -2.24. The Labute approximate surface area is 167 Å². The molecule has 1 saturated heterocycles. The molecule has 0 radical (unpaired) electrons. The molecule has 1 fully saturated rings. The molecule has 146 valence electrons. The molecule has 0 N–H and O–H groups in total. The predicted octanol–water partition coefficient (Wildman–Crippen LogP) is 4.00. The van der Waals surface area contributed by atoms with Gasteiger partial charge in [-0.1, -0.05) is 55.5 Å². The van der Waals surface area contributed by atoms with Gasteiger partial charge in [0.05, 0.1) is 11.2 Å². The van der Waals surface area contributed by atoms with Crippen LogP contribution < -0.4 is 5.46 Å². The summed E-state index contributed by atoms with van der Waals surface area (Å²) >= 11 is 0. The molecule has 1 aliphatic rings. The number of rotatable bonds is 6. The third kappa shape index (κ3) is 4.11. The molecular formula is C23H27BO4. The standard InChI is InChI=1S/C23H27BO4/c1-6-20(25)17-12-10-16(11-13-17)14-21(26)18-8-7-9-19(15-18)24-27-22(2,3)23(4,5)28-24/h7-13,15H,6,14H2,1-5H3. The lowest BCUT2D eigenvalue weighted by atomic mass is 9.78. The van der Waals surface area contributed by atoms with Crippen molar-refractivity contribution in [3.63, 3.8) is 0 Å². The highest BCUT2D eigenvalue weighted by Gasteiger charge is 2.51. The second-order valence-electron chi connectivity index (χ2n) is 8.29. The summed E-state index contributed by atoms with van der Waals surface area (Å²) in [5, 5.41) is 0. The molecule has 0 spiro atoms. The first-order valence-electron chi connectivity index (χ1n) is 9.74. The highest BCUT2D eigenvalue weighted by Crippen LogP contribution is 2.36. The molecule has 0 atom stereocenters. The van der Waals surface area contributed by atoms with Crippen molar-refractivity contribution in [2.24, 2.45) is 0 Å². The predicted molar refractivity (Wildman–Crippen MR) is 111 cm³/mol. The summed E-state index contributed by atoms with van der Waals surface area (Å²) in [6.07, 6.45) is 0.761. The number of ketones is 2. The smallest absolute Gasteiger partial charge is 0.399 e. The SMILES string of the molecule is CCC(=O)c1ccc(CC(=O)c2cccc(B3OC(C)(C)C(C)(C)O3)c2)cc1. The van der Waals surface area contributed by atoms with Crippen LogP contribution in [0.1, 0.15) is 67.3 Å². The zero-order valence-electron chi connectivity index (χ0n) is 17.2. The Balaban J connectivity index is 1.73. The average Bonchev–Trinajstić information content (AvgIpc) is 2.89. The van der Waals surface area contributed by atoms with Gasteiger partial charge in [0.2, 0.25) is 0 Å². The van der Waals surface area contributed by atoms with E-state index in [2.05, 4.69) is 0 Å². The van der Waals surface area contributed by atoms with E-state index in [9.17, 15) is 9.59 Å². The fraction of sp³-hybridized carbons (Fsp3) is 0.391. The molecule has 0 aliphatic carbocycles. The van der Waals surface area contributed by atoms with E-state index in [1.54, 1.807) is 12.1 Å². The van der Waals surface area contributed by atoms with Gasteiger partial charge in [-0.2, -0.15) is 0 Å². The number of carbonyl (C=O) groups excluding carboxylic acids is 2. The van der Waals surface area contributed by atoms with Gasteiger partial charge < -0.3 is 9.31 Å². The van der Waals surface area contributed by atoms with Crippen LogP contribution in [0.4, 0.5) is 0 Å². The van der Waals surface area contributed by atoms with Crippen LogP contribution in [0.15, 0.2) is 48.5 Å². The van der Waals surface area contributed by atoms with Crippen LogP contribution in [-0.2, 0) is 15.7 Å². The van der Waals surface area contributed by atoms with E-state index in [0.29, 0.717) is 17.5 Å². The molecule has 1 heterocycles. The Bertz CT molecular complexity index is 868. The van der Waals surface area contributed by atoms with Gasteiger partial charge in [-0.3, -0.25) is 9.59 Å². The molecule has 28 heavy (non-hydrogen) atoms. The topological polar surface area (TPSA) is 52.6 Å². The molecule has 0 aromatic heterocycles. The van der Waals surface area contributed by atoms with Gasteiger partial charge in [-0.15, -0.1) is 0 Å². The Morgan fingerprint density at radius 2 is 1.46 bits per heavy atom. The zero-order chi connectivity index (χ0) is 20.5. The molecular weight excluding hydrogens is 351 g/mol. The van der Waals surface area contributed by atoms with E-state index in [-0.39, 0.29) is 18.0 Å². The summed E-state index contributed by atoms with van der Waals surface area (Å²) < 4.78 is 12.2. The minimum Gasteiger partial charge on any atom is -0.399 e. The molecule has 5 heteroatoms. The highest BCUT2D eigenvalue weighted by atomic mass is 16.7. The normalized spacial score (nSPS) is 17.5. The van der Waals surface area contributed by atoms with Crippen molar-refractivity contribution in [3.05, 3.63) is 65.2 Å². The van der Waals surface area contributed by atoms with Gasteiger partial charge in [0.15, 0.2) is 11.6 Å². The van der Waals surface area contributed by atoms with Gasteiger partial charge in [-0.05, 0) is 38.7 Å². The van der Waals surface area contributed by atoms with Crippen molar-refractivity contribution >= 4 is 24.1 Å². The lowest BCUT2D eigenvalue weighted by Gasteiger charge is -2.32. The van der Waals surface area contributed by atoms with Crippen LogP contribution in [-0.4, -0.2) is 29.9 Å². The first kappa shape index (κ1) is 20.5. The molecule has 3 rings (SSSR count). The second-order valence-corrected chi connectivity index (χ2v) is 8.29. The molecule has 0 bridgehead atoms. The Kier molecular flexibility index (Phi) is 5.60. The van der Waals surface area contributed by atoms with Gasteiger partial charge >= 0.3 is 7.12 Å². The fourth-order valence-corrected chi connectivity index (χ4v) is 3.14. The van der Waals surface area contributed by atoms with Crippen LogP contribution in [0.5, 0.6) is 0 Å². The molecule has 0 amide bonds. The number of hydrogen-bond acceptors (Lipinski definition) is 4. The van der Waals surface area contributed by atoms with E-state index in [1.165, 1.54) is 0 Å². The number of benzene rings is 2. The number of hydrogen-bond donors (Lipinski definition) is 0. The molecule has 0 saturated carbocycles. The van der Waals surface area contributed by atoms with E-state index in [0.717, 1.165) is 11.0 Å². The maximum absolute atomic E-state index is 12.8. The molecule has 2 aromatic rings. The molecule has 1 aliphatic heterocycles. The minimum absolute atomic E-state index is 0.0212. The molecule has 4 nitrogen and oxygen atoms in total. The van der Waals surface area contributed by atoms with Gasteiger partial charge in [-0.25, -0.2) is 0 Å². The maximum atomic E-state index is 12.8. The summed E-state index contributed by atoms with van der Waals surface area (Å²) in [5.74, 6) is 0.126. The minimum atomic E-state index is -0.489. The van der Waals surface area contributed by atoms with Crippen LogP contribution >= 0.6 is 0 Å². The number of carbonyl (C=O) groups is 2. The summed E-state index contributed by atoms with van der Waals surface area (Å²) in [6, 6.07) is 14.7. The van der Waals surface area contributed by atoms with E-state index in [4.69, 9.17) is 9.31 Å². The Morgan fingerprint density at radius 3 is 2.04 bits per heavy atom. The van der Waals surface area contributed by atoms with Crippen molar-refractivity contribution in [1.29, 1.82) is 0 Å². The third-order valence-corrected chi connectivity index (χ3v) is 5.70. The van der Waals surface area contributed by atoms with Gasteiger partial charge in [0, 0.05) is 24.0 Å². The lowest BCUT2D eigenvalue weighted by molar-refractivity contribution is 0.00578. The number of Topliss-reactive ketones (excluding diaryl/α,β-unsaturated/α-hetero) is 2. The molecule has 0 unspecified atom stereocenters. The van der Waals surface area contributed by atoms with Crippen molar-refractivity contribution in [3.8, 4) is 0 Å². The highest BCUT2D eigenvalue weighted by molar-refractivity contribution is 6.62. The molecule has 2 aromatic carbocycles. The summed E-state index contributed by atoms with van der Waals surface area (Å²) in [4.78, 5) is 24.5.